The fourth-order valence-corrected chi connectivity index (χ4v) is 1.95. The van der Waals surface area contributed by atoms with E-state index >= 15 is 0 Å². The summed E-state index contributed by atoms with van der Waals surface area (Å²) >= 11 is 11.7. The number of carbonyl (C=O) groups is 1. The molecule has 3 nitrogen and oxygen atoms in total. The van der Waals surface area contributed by atoms with Crippen LogP contribution in [0.25, 0.3) is 0 Å². The second kappa shape index (κ2) is 7.34. The van der Waals surface area contributed by atoms with Crippen LogP contribution in [0.15, 0.2) is 42.5 Å². The van der Waals surface area contributed by atoms with E-state index < -0.39 is 0 Å². The average Bonchev–Trinajstić information content (AvgIpc) is 2.48. The lowest BCUT2D eigenvalue weighted by Crippen LogP contribution is -2.28. The van der Waals surface area contributed by atoms with Crippen molar-refractivity contribution in [2.45, 2.75) is 13.5 Å². The van der Waals surface area contributed by atoms with Gasteiger partial charge in [0, 0.05) is 16.6 Å². The Morgan fingerprint density at radius 3 is 2.52 bits per heavy atom. The monoisotopic (exact) mass is 323 g/mol. The predicted molar refractivity (Wildman–Crippen MR) is 85.0 cm³/mol. The van der Waals surface area contributed by atoms with Crippen LogP contribution in [0.1, 0.15) is 11.1 Å². The molecule has 21 heavy (non-hydrogen) atoms. The first-order valence-electron chi connectivity index (χ1n) is 6.44. The Bertz CT molecular complexity index is 627. The Balaban J connectivity index is 1.79. The van der Waals surface area contributed by atoms with Crippen molar-refractivity contribution in [1.29, 1.82) is 0 Å². The SMILES string of the molecule is Cc1cc(OCC(=O)NCc2ccc(Cl)cc2)ccc1Cl. The van der Waals surface area contributed by atoms with Crippen molar-refractivity contribution >= 4 is 29.1 Å². The molecule has 0 radical (unpaired) electrons. The van der Waals surface area contributed by atoms with Gasteiger partial charge in [0.2, 0.25) is 0 Å². The number of rotatable bonds is 5. The van der Waals surface area contributed by atoms with Gasteiger partial charge in [0.1, 0.15) is 5.75 Å². The summed E-state index contributed by atoms with van der Waals surface area (Å²) in [4.78, 5) is 11.7. The van der Waals surface area contributed by atoms with Gasteiger partial charge in [0.15, 0.2) is 6.61 Å². The minimum atomic E-state index is -0.183. The fourth-order valence-electron chi connectivity index (χ4n) is 1.71. The van der Waals surface area contributed by atoms with Gasteiger partial charge < -0.3 is 10.1 Å². The van der Waals surface area contributed by atoms with E-state index in [9.17, 15) is 4.79 Å². The van der Waals surface area contributed by atoms with Crippen molar-refractivity contribution in [2.24, 2.45) is 0 Å². The molecule has 5 heteroatoms. The Labute approximate surface area is 133 Å². The molecule has 0 spiro atoms. The van der Waals surface area contributed by atoms with Gasteiger partial charge >= 0.3 is 0 Å². The second-order valence-corrected chi connectivity index (χ2v) is 5.45. The summed E-state index contributed by atoms with van der Waals surface area (Å²) in [5, 5.41) is 4.13. The summed E-state index contributed by atoms with van der Waals surface area (Å²) in [7, 11) is 0. The normalized spacial score (nSPS) is 10.2. The molecule has 0 heterocycles. The quantitative estimate of drug-likeness (QED) is 0.903. The third kappa shape index (κ3) is 4.96. The second-order valence-electron chi connectivity index (χ2n) is 4.60. The molecule has 0 aliphatic carbocycles. The van der Waals surface area contributed by atoms with Crippen LogP contribution in [0.3, 0.4) is 0 Å². The van der Waals surface area contributed by atoms with Crippen molar-refractivity contribution in [3.63, 3.8) is 0 Å². The van der Waals surface area contributed by atoms with Gasteiger partial charge in [-0.05, 0) is 48.4 Å². The van der Waals surface area contributed by atoms with E-state index in [0.717, 1.165) is 11.1 Å². The third-order valence-electron chi connectivity index (χ3n) is 2.90. The summed E-state index contributed by atoms with van der Waals surface area (Å²) in [6, 6.07) is 12.6. The lowest BCUT2D eigenvalue weighted by atomic mass is 10.2. The highest BCUT2D eigenvalue weighted by Crippen LogP contribution is 2.20. The molecular weight excluding hydrogens is 309 g/mol. The first-order valence-corrected chi connectivity index (χ1v) is 7.20. The summed E-state index contributed by atoms with van der Waals surface area (Å²) in [6.07, 6.45) is 0. The molecule has 2 rings (SSSR count). The van der Waals surface area contributed by atoms with E-state index in [0.29, 0.717) is 22.3 Å². The molecule has 0 unspecified atom stereocenters. The van der Waals surface area contributed by atoms with Crippen molar-refractivity contribution in [1.82, 2.24) is 5.32 Å². The van der Waals surface area contributed by atoms with Crippen LogP contribution >= 0.6 is 23.2 Å². The van der Waals surface area contributed by atoms with Crippen LogP contribution in [0.2, 0.25) is 10.0 Å². The van der Waals surface area contributed by atoms with Gasteiger partial charge in [-0.15, -0.1) is 0 Å². The number of nitrogens with one attached hydrogen (secondary N) is 1. The minimum Gasteiger partial charge on any atom is -0.484 e. The van der Waals surface area contributed by atoms with Crippen LogP contribution < -0.4 is 10.1 Å². The maximum atomic E-state index is 11.7. The van der Waals surface area contributed by atoms with E-state index in [1.54, 1.807) is 30.3 Å². The summed E-state index contributed by atoms with van der Waals surface area (Å²) in [5.41, 5.74) is 1.89. The highest BCUT2D eigenvalue weighted by Gasteiger charge is 2.04. The maximum Gasteiger partial charge on any atom is 0.258 e. The molecule has 0 saturated heterocycles. The topological polar surface area (TPSA) is 38.3 Å². The molecule has 0 bridgehead atoms. The summed E-state index contributed by atoms with van der Waals surface area (Å²) < 4.78 is 5.42. The number of ether oxygens (including phenoxy) is 1. The molecule has 0 saturated carbocycles. The Morgan fingerprint density at radius 2 is 1.86 bits per heavy atom. The van der Waals surface area contributed by atoms with Crippen molar-refractivity contribution < 1.29 is 9.53 Å². The molecule has 2 aromatic carbocycles. The highest BCUT2D eigenvalue weighted by molar-refractivity contribution is 6.31. The smallest absolute Gasteiger partial charge is 0.258 e. The summed E-state index contributed by atoms with van der Waals surface area (Å²) in [5.74, 6) is 0.441. The number of hydrogen-bond acceptors (Lipinski definition) is 2. The average molecular weight is 324 g/mol. The fraction of sp³-hybridized carbons (Fsp3) is 0.188. The molecule has 0 aliphatic rings. The number of benzene rings is 2. The molecule has 0 aliphatic heterocycles. The predicted octanol–water partition coefficient (Wildman–Crippen LogP) is 4.00. The molecule has 0 fully saturated rings. The Hall–Kier alpha value is -1.71. The largest absolute Gasteiger partial charge is 0.484 e. The molecular formula is C16H15Cl2NO2. The van der Waals surface area contributed by atoms with Crippen LogP contribution in [0.4, 0.5) is 0 Å². The first kappa shape index (κ1) is 15.7. The molecule has 0 aromatic heterocycles. The van der Waals surface area contributed by atoms with Crippen LogP contribution in [-0.4, -0.2) is 12.5 Å². The van der Waals surface area contributed by atoms with Crippen LogP contribution in [0, 0.1) is 6.92 Å². The van der Waals surface area contributed by atoms with Gasteiger partial charge in [-0.25, -0.2) is 0 Å². The van der Waals surface area contributed by atoms with E-state index in [1.807, 2.05) is 19.1 Å². The number of aryl methyl sites for hydroxylation is 1. The molecule has 1 N–H and O–H groups in total. The number of hydrogen-bond donors (Lipinski definition) is 1. The zero-order chi connectivity index (χ0) is 15.2. The Morgan fingerprint density at radius 1 is 1.14 bits per heavy atom. The van der Waals surface area contributed by atoms with E-state index in [1.165, 1.54) is 0 Å². The lowest BCUT2D eigenvalue weighted by molar-refractivity contribution is -0.123. The molecule has 2 aromatic rings. The van der Waals surface area contributed by atoms with Gasteiger partial charge in [0.25, 0.3) is 5.91 Å². The number of halogens is 2. The zero-order valence-electron chi connectivity index (χ0n) is 11.5. The maximum absolute atomic E-state index is 11.7. The van der Waals surface area contributed by atoms with E-state index in [2.05, 4.69) is 5.32 Å². The third-order valence-corrected chi connectivity index (χ3v) is 3.58. The van der Waals surface area contributed by atoms with Gasteiger partial charge in [0.05, 0.1) is 0 Å². The van der Waals surface area contributed by atoms with Gasteiger partial charge in [-0.2, -0.15) is 0 Å². The van der Waals surface area contributed by atoms with Gasteiger partial charge in [-0.3, -0.25) is 4.79 Å². The van der Waals surface area contributed by atoms with E-state index in [4.69, 9.17) is 27.9 Å². The zero-order valence-corrected chi connectivity index (χ0v) is 13.0. The molecule has 1 amide bonds. The van der Waals surface area contributed by atoms with E-state index in [-0.39, 0.29) is 12.5 Å². The molecule has 0 atom stereocenters. The van der Waals surface area contributed by atoms with Crippen molar-refractivity contribution in [3.05, 3.63) is 63.6 Å². The Kier molecular flexibility index (Phi) is 5.48. The van der Waals surface area contributed by atoms with Crippen LogP contribution in [-0.2, 0) is 11.3 Å². The summed E-state index contributed by atoms with van der Waals surface area (Å²) in [6.45, 7) is 2.30. The standard InChI is InChI=1S/C16H15Cl2NO2/c1-11-8-14(6-7-15(11)18)21-10-16(20)19-9-12-2-4-13(17)5-3-12/h2-8H,9-10H2,1H3,(H,19,20). The highest BCUT2D eigenvalue weighted by atomic mass is 35.5. The number of carbonyl (C=O) groups excluding carboxylic acids is 1. The first-order chi connectivity index (χ1) is 10.0. The van der Waals surface area contributed by atoms with Crippen LogP contribution in [0.5, 0.6) is 5.75 Å². The van der Waals surface area contributed by atoms with Crippen molar-refractivity contribution in [2.75, 3.05) is 6.61 Å². The lowest BCUT2D eigenvalue weighted by Gasteiger charge is -2.08. The number of amides is 1. The minimum absolute atomic E-state index is 0.0331. The van der Waals surface area contributed by atoms with Gasteiger partial charge in [-0.1, -0.05) is 35.3 Å². The van der Waals surface area contributed by atoms with Crippen molar-refractivity contribution in [3.8, 4) is 5.75 Å². The molecule has 110 valence electrons.